The number of anilines is 3. The van der Waals surface area contributed by atoms with Crippen LogP contribution in [0.15, 0.2) is 78.9 Å². The molecule has 2 amide bonds. The number of carbonyl (C=O) groups is 2. The maximum atomic E-state index is 13.7. The molecule has 8 heteroatoms. The largest absolute Gasteiger partial charge is 0.507 e. The summed E-state index contributed by atoms with van der Waals surface area (Å²) < 4.78 is 0. The summed E-state index contributed by atoms with van der Waals surface area (Å²) in [6.45, 7) is 0.420. The summed E-state index contributed by atoms with van der Waals surface area (Å²) in [5, 5.41) is 16.0. The van der Waals surface area contributed by atoms with E-state index in [1.54, 1.807) is 47.4 Å². The average molecular weight is 511 g/mol. The Hall–Kier alpha value is -4.49. The molecule has 1 aliphatic heterocycles. The zero-order valence-corrected chi connectivity index (χ0v) is 20.4. The number of aromatic hydroxyl groups is 1. The van der Waals surface area contributed by atoms with Crippen molar-refractivity contribution in [3.63, 3.8) is 0 Å². The lowest BCUT2D eigenvalue weighted by atomic mass is 9.95. The van der Waals surface area contributed by atoms with Crippen molar-refractivity contribution in [3.8, 4) is 5.75 Å². The van der Waals surface area contributed by atoms with E-state index in [0.29, 0.717) is 40.7 Å². The number of nitrogens with two attached hydrogens (primary N) is 1. The number of amides is 2. The fraction of sp³-hybridized carbons (Fsp3) is 0.103. The third-order valence-corrected chi connectivity index (χ3v) is 7.23. The molecule has 1 atom stereocenters. The van der Waals surface area contributed by atoms with E-state index < -0.39 is 0 Å². The Kier molecular flexibility index (Phi) is 5.50. The van der Waals surface area contributed by atoms with E-state index in [0.717, 1.165) is 27.2 Å². The quantitative estimate of drug-likeness (QED) is 0.180. The van der Waals surface area contributed by atoms with Gasteiger partial charge < -0.3 is 26.0 Å². The van der Waals surface area contributed by atoms with Crippen molar-refractivity contribution >= 4 is 62.2 Å². The number of aromatic amines is 1. The van der Waals surface area contributed by atoms with E-state index in [1.807, 2.05) is 36.4 Å². The Bertz CT molecular complexity index is 1690. The maximum Gasteiger partial charge on any atom is 0.274 e. The smallest absolute Gasteiger partial charge is 0.274 e. The van der Waals surface area contributed by atoms with Crippen LogP contribution in [0.25, 0.3) is 21.7 Å². The van der Waals surface area contributed by atoms with Crippen molar-refractivity contribution in [1.82, 2.24) is 4.98 Å². The number of phenolic OH excluding ortho intramolecular Hbond substituents is 1. The van der Waals surface area contributed by atoms with E-state index in [2.05, 4.69) is 10.3 Å². The highest BCUT2D eigenvalue weighted by Gasteiger charge is 2.35. The van der Waals surface area contributed by atoms with Crippen molar-refractivity contribution in [2.45, 2.75) is 5.92 Å². The van der Waals surface area contributed by atoms with Crippen molar-refractivity contribution in [3.05, 3.63) is 95.7 Å². The predicted molar refractivity (Wildman–Crippen MR) is 148 cm³/mol. The van der Waals surface area contributed by atoms with E-state index >= 15 is 0 Å². The molecule has 7 nitrogen and oxygen atoms in total. The number of phenols is 1. The van der Waals surface area contributed by atoms with Gasteiger partial charge in [0.2, 0.25) is 0 Å². The number of nitrogen functional groups attached to an aromatic ring is 1. The van der Waals surface area contributed by atoms with Crippen molar-refractivity contribution in [1.29, 1.82) is 0 Å². The first-order valence-electron chi connectivity index (χ1n) is 11.8. The molecule has 184 valence electrons. The Balaban J connectivity index is 1.31. The molecule has 2 heterocycles. The minimum Gasteiger partial charge on any atom is -0.507 e. The highest BCUT2D eigenvalue weighted by atomic mass is 35.5. The molecular formula is C29H23ClN4O3. The number of alkyl halides is 1. The molecule has 0 saturated carbocycles. The summed E-state index contributed by atoms with van der Waals surface area (Å²) in [6, 6.07) is 23.1. The second-order valence-electron chi connectivity index (χ2n) is 9.20. The van der Waals surface area contributed by atoms with Crippen LogP contribution in [0.3, 0.4) is 0 Å². The Morgan fingerprint density at radius 2 is 1.78 bits per heavy atom. The monoisotopic (exact) mass is 510 g/mol. The number of benzene rings is 4. The zero-order chi connectivity index (χ0) is 25.7. The number of nitrogens with zero attached hydrogens (tertiary/aromatic N) is 1. The van der Waals surface area contributed by atoms with Gasteiger partial charge in [-0.15, -0.1) is 11.6 Å². The fourth-order valence-electron chi connectivity index (χ4n) is 5.05. The molecule has 0 unspecified atom stereocenters. The average Bonchev–Trinajstić information content (AvgIpc) is 3.50. The van der Waals surface area contributed by atoms with Gasteiger partial charge >= 0.3 is 0 Å². The number of hydrogen-bond donors (Lipinski definition) is 4. The van der Waals surface area contributed by atoms with Gasteiger partial charge in [0.15, 0.2) is 0 Å². The minimum atomic E-state index is -0.251. The molecule has 0 saturated heterocycles. The number of aromatic nitrogens is 1. The molecule has 0 fully saturated rings. The van der Waals surface area contributed by atoms with Gasteiger partial charge in [0.25, 0.3) is 11.8 Å². The molecule has 6 rings (SSSR count). The number of rotatable bonds is 4. The number of nitrogens with one attached hydrogen (secondary N) is 2. The number of halogens is 1. The minimum absolute atomic E-state index is 0.0503. The van der Waals surface area contributed by atoms with E-state index in [9.17, 15) is 14.7 Å². The van der Waals surface area contributed by atoms with Gasteiger partial charge in [0.1, 0.15) is 11.4 Å². The van der Waals surface area contributed by atoms with Crippen molar-refractivity contribution in [2.75, 3.05) is 28.4 Å². The van der Waals surface area contributed by atoms with Crippen molar-refractivity contribution in [2.24, 2.45) is 0 Å². The third kappa shape index (κ3) is 3.93. The molecular weight excluding hydrogens is 488 g/mol. The summed E-state index contributed by atoms with van der Waals surface area (Å²) in [5.41, 5.74) is 10.2. The van der Waals surface area contributed by atoms with Crippen LogP contribution < -0.4 is 16.0 Å². The van der Waals surface area contributed by atoms with Crippen LogP contribution in [0.4, 0.5) is 17.1 Å². The van der Waals surface area contributed by atoms with E-state index in [1.165, 1.54) is 0 Å². The van der Waals surface area contributed by atoms with Crippen LogP contribution in [-0.2, 0) is 0 Å². The molecule has 0 aliphatic carbocycles. The van der Waals surface area contributed by atoms with Gasteiger partial charge in [-0.2, -0.15) is 0 Å². The van der Waals surface area contributed by atoms with Gasteiger partial charge in [-0.1, -0.05) is 24.3 Å². The molecule has 5 N–H and O–H groups in total. The molecule has 0 spiro atoms. The van der Waals surface area contributed by atoms with Gasteiger partial charge in [-0.25, -0.2) is 0 Å². The van der Waals surface area contributed by atoms with Gasteiger partial charge in [-0.05, 0) is 59.5 Å². The number of H-pyrrole nitrogens is 1. The molecule has 0 bridgehead atoms. The molecule has 5 aromatic rings. The first-order chi connectivity index (χ1) is 17.9. The predicted octanol–water partition coefficient (Wildman–Crippen LogP) is 5.84. The summed E-state index contributed by atoms with van der Waals surface area (Å²) in [5.74, 6) is -0.0349. The van der Waals surface area contributed by atoms with Gasteiger partial charge in [0.05, 0.1) is 5.69 Å². The Morgan fingerprint density at radius 3 is 2.54 bits per heavy atom. The Labute approximate surface area is 217 Å². The standard InChI is InChI=1S/C29H23ClN4O3/c30-14-18-15-34(25-13-26(35)21-3-1-2-4-22(21)27(18)25)29(37)24-12-17-11-20(9-10-23(17)33-24)32-28(36)16-5-7-19(31)8-6-16/h1-13,18,33,35H,14-15,31H2,(H,32,36)/t18-/m1/s1. The van der Waals surface area contributed by atoms with Crippen LogP contribution in [-0.4, -0.2) is 34.3 Å². The fourth-order valence-corrected chi connectivity index (χ4v) is 5.31. The molecule has 1 aliphatic rings. The van der Waals surface area contributed by atoms with Crippen LogP contribution >= 0.6 is 11.6 Å². The highest BCUT2D eigenvalue weighted by molar-refractivity contribution is 6.19. The van der Waals surface area contributed by atoms with Crippen molar-refractivity contribution < 1.29 is 14.7 Å². The lowest BCUT2D eigenvalue weighted by Gasteiger charge is -2.17. The van der Waals surface area contributed by atoms with Gasteiger partial charge in [0, 0.05) is 57.6 Å². The second-order valence-corrected chi connectivity index (χ2v) is 9.51. The first kappa shape index (κ1) is 22.9. The van der Waals surface area contributed by atoms with Crippen LogP contribution in [0.2, 0.25) is 0 Å². The number of carbonyl (C=O) groups excluding carboxylic acids is 2. The number of hydrogen-bond acceptors (Lipinski definition) is 4. The Morgan fingerprint density at radius 1 is 1.03 bits per heavy atom. The molecule has 0 radical (unpaired) electrons. The zero-order valence-electron chi connectivity index (χ0n) is 19.7. The van der Waals surface area contributed by atoms with Crippen LogP contribution in [0, 0.1) is 0 Å². The summed E-state index contributed by atoms with van der Waals surface area (Å²) in [6.07, 6.45) is 0. The third-order valence-electron chi connectivity index (χ3n) is 6.86. The lowest BCUT2D eigenvalue weighted by Crippen LogP contribution is -2.30. The van der Waals surface area contributed by atoms with Gasteiger partial charge in [-0.3, -0.25) is 9.59 Å². The van der Waals surface area contributed by atoms with E-state index in [-0.39, 0.29) is 23.5 Å². The number of fused-ring (bicyclic) bond motifs is 4. The van der Waals surface area contributed by atoms with Crippen LogP contribution in [0.5, 0.6) is 5.75 Å². The van der Waals surface area contributed by atoms with E-state index in [4.69, 9.17) is 17.3 Å². The SMILES string of the molecule is Nc1ccc(C(=O)Nc2ccc3[nH]c(C(=O)N4C[C@@H](CCl)c5c4cc(O)c4ccccc54)cc3c2)cc1. The lowest BCUT2D eigenvalue weighted by molar-refractivity contribution is 0.0983. The summed E-state index contributed by atoms with van der Waals surface area (Å²) in [7, 11) is 0. The normalized spacial score (nSPS) is 14.7. The maximum absolute atomic E-state index is 13.7. The first-order valence-corrected chi connectivity index (χ1v) is 12.4. The summed E-state index contributed by atoms with van der Waals surface area (Å²) in [4.78, 5) is 31.1. The molecule has 4 aromatic carbocycles. The topological polar surface area (TPSA) is 111 Å². The van der Waals surface area contributed by atoms with Crippen LogP contribution in [0.1, 0.15) is 32.3 Å². The highest BCUT2D eigenvalue weighted by Crippen LogP contribution is 2.45. The summed E-state index contributed by atoms with van der Waals surface area (Å²) >= 11 is 6.32. The second kappa shape index (κ2) is 8.87. The molecule has 1 aromatic heterocycles. The molecule has 37 heavy (non-hydrogen) atoms.